The summed E-state index contributed by atoms with van der Waals surface area (Å²) in [5.74, 6) is -0.525. The molecule has 5 rings (SSSR count). The Morgan fingerprint density at radius 1 is 1.21 bits per heavy atom. The Labute approximate surface area is 240 Å². The highest BCUT2D eigenvalue weighted by molar-refractivity contribution is 9.10. The maximum atomic E-state index is 13.3. The first-order chi connectivity index (χ1) is 18.8. The number of phenols is 1. The molecule has 2 aromatic carbocycles. The monoisotopic (exact) mass is 626 g/mol. The van der Waals surface area contributed by atoms with Crippen LogP contribution in [-0.2, 0) is 20.7 Å². The number of amides is 1. The molecule has 0 aliphatic carbocycles. The van der Waals surface area contributed by atoms with Gasteiger partial charge in [-0.05, 0) is 42.8 Å². The molecule has 3 heterocycles. The SMILES string of the molecule is CCc1nn2c(/C=N/N=C3\SC(CCOC(C)=O)C(=O)N3c3ccc(O)cc3)c(-c3ccc(Br)cc3)nc2s1. The van der Waals surface area contributed by atoms with Crippen LogP contribution in [0.2, 0.25) is 0 Å². The number of halogens is 1. The quantitative estimate of drug-likeness (QED) is 0.160. The van der Waals surface area contributed by atoms with Crippen molar-refractivity contribution in [2.75, 3.05) is 11.5 Å². The summed E-state index contributed by atoms with van der Waals surface area (Å²) in [7, 11) is 0. The lowest BCUT2D eigenvalue weighted by Crippen LogP contribution is -2.32. The van der Waals surface area contributed by atoms with Gasteiger partial charge in [0, 0.05) is 23.4 Å². The van der Waals surface area contributed by atoms with Crippen LogP contribution in [0.5, 0.6) is 5.75 Å². The predicted octanol–water partition coefficient (Wildman–Crippen LogP) is 5.28. The number of ether oxygens (including phenoxy) is 1. The second-order valence-corrected chi connectivity index (χ2v) is 11.6. The van der Waals surface area contributed by atoms with E-state index in [1.165, 1.54) is 47.1 Å². The molecule has 1 atom stereocenters. The fourth-order valence-electron chi connectivity index (χ4n) is 3.88. The van der Waals surface area contributed by atoms with E-state index < -0.39 is 11.2 Å². The molecule has 0 radical (unpaired) electrons. The largest absolute Gasteiger partial charge is 0.508 e. The van der Waals surface area contributed by atoms with Crippen LogP contribution in [0.4, 0.5) is 5.69 Å². The van der Waals surface area contributed by atoms with Gasteiger partial charge in [-0.1, -0.05) is 58.1 Å². The van der Waals surface area contributed by atoms with Crippen molar-refractivity contribution in [1.29, 1.82) is 0 Å². The molecule has 1 aliphatic rings. The van der Waals surface area contributed by atoms with Gasteiger partial charge in [0.2, 0.25) is 10.9 Å². The number of amidine groups is 1. The van der Waals surface area contributed by atoms with Gasteiger partial charge in [0.05, 0.1) is 23.8 Å². The van der Waals surface area contributed by atoms with E-state index in [1.807, 2.05) is 31.2 Å². The van der Waals surface area contributed by atoms with Gasteiger partial charge in [-0.3, -0.25) is 14.5 Å². The molecule has 1 saturated heterocycles. The number of aromatic nitrogens is 3. The van der Waals surface area contributed by atoms with E-state index in [9.17, 15) is 14.7 Å². The van der Waals surface area contributed by atoms with Crippen LogP contribution >= 0.6 is 39.0 Å². The Bertz CT molecular complexity index is 1580. The van der Waals surface area contributed by atoms with Gasteiger partial charge < -0.3 is 9.84 Å². The number of thioether (sulfide) groups is 1. The molecule has 1 fully saturated rings. The number of benzene rings is 2. The summed E-state index contributed by atoms with van der Waals surface area (Å²) < 4.78 is 7.76. The Morgan fingerprint density at radius 3 is 2.64 bits per heavy atom. The number of aryl methyl sites for hydroxylation is 1. The molecule has 200 valence electrons. The van der Waals surface area contributed by atoms with Gasteiger partial charge in [-0.2, -0.15) is 10.2 Å². The fourth-order valence-corrected chi connectivity index (χ4v) is 6.06. The van der Waals surface area contributed by atoms with Crippen LogP contribution < -0.4 is 4.90 Å². The smallest absolute Gasteiger partial charge is 0.302 e. The van der Waals surface area contributed by atoms with Crippen LogP contribution in [0, 0.1) is 0 Å². The van der Waals surface area contributed by atoms with Crippen molar-refractivity contribution in [3.05, 3.63) is 63.7 Å². The topological polar surface area (TPSA) is 122 Å². The Balaban J connectivity index is 1.50. The first kappa shape index (κ1) is 27.0. The molecule has 13 heteroatoms. The number of hydrogen-bond acceptors (Lipinski definition) is 10. The second-order valence-electron chi connectivity index (χ2n) is 8.45. The lowest BCUT2D eigenvalue weighted by atomic mass is 10.1. The van der Waals surface area contributed by atoms with Crippen molar-refractivity contribution < 1.29 is 19.4 Å². The van der Waals surface area contributed by atoms with E-state index >= 15 is 0 Å². The minimum atomic E-state index is -0.502. The summed E-state index contributed by atoms with van der Waals surface area (Å²) in [6, 6.07) is 14.1. The predicted molar refractivity (Wildman–Crippen MR) is 157 cm³/mol. The minimum Gasteiger partial charge on any atom is -0.508 e. The third kappa shape index (κ3) is 5.89. The van der Waals surface area contributed by atoms with E-state index in [1.54, 1.807) is 22.9 Å². The molecule has 0 spiro atoms. The average Bonchev–Trinajstić information content (AvgIpc) is 3.57. The average molecular weight is 628 g/mol. The van der Waals surface area contributed by atoms with Crippen molar-refractivity contribution in [3.8, 4) is 17.0 Å². The van der Waals surface area contributed by atoms with E-state index in [4.69, 9.17) is 9.72 Å². The summed E-state index contributed by atoms with van der Waals surface area (Å²) >= 11 is 6.23. The normalized spacial score (nSPS) is 16.7. The molecule has 1 unspecified atom stereocenters. The highest BCUT2D eigenvalue weighted by Crippen LogP contribution is 2.34. The number of nitrogens with zero attached hydrogens (tertiary/aromatic N) is 6. The van der Waals surface area contributed by atoms with Gasteiger partial charge >= 0.3 is 5.97 Å². The van der Waals surface area contributed by atoms with Crippen LogP contribution in [0.15, 0.2) is 63.2 Å². The number of hydrogen-bond donors (Lipinski definition) is 1. The van der Waals surface area contributed by atoms with Crippen LogP contribution in [0.25, 0.3) is 16.2 Å². The number of rotatable bonds is 8. The zero-order valence-electron chi connectivity index (χ0n) is 20.9. The minimum absolute atomic E-state index is 0.0842. The maximum absolute atomic E-state index is 13.3. The van der Waals surface area contributed by atoms with Crippen molar-refractivity contribution in [3.63, 3.8) is 0 Å². The van der Waals surface area contributed by atoms with E-state index in [0.717, 1.165) is 32.1 Å². The van der Waals surface area contributed by atoms with Crippen molar-refractivity contribution >= 4 is 72.9 Å². The van der Waals surface area contributed by atoms with Crippen LogP contribution in [0.3, 0.4) is 0 Å². The summed E-state index contributed by atoms with van der Waals surface area (Å²) in [5, 5.41) is 24.0. The Kier molecular flexibility index (Phi) is 8.10. The highest BCUT2D eigenvalue weighted by Gasteiger charge is 2.39. The van der Waals surface area contributed by atoms with E-state index in [0.29, 0.717) is 23.0 Å². The zero-order valence-corrected chi connectivity index (χ0v) is 24.2. The first-order valence-corrected chi connectivity index (χ1v) is 14.5. The molecular formula is C26H23BrN6O4S2. The van der Waals surface area contributed by atoms with Gasteiger partial charge in [0.25, 0.3) is 0 Å². The maximum Gasteiger partial charge on any atom is 0.302 e. The zero-order chi connectivity index (χ0) is 27.5. The summed E-state index contributed by atoms with van der Waals surface area (Å²) in [6.45, 7) is 3.49. The van der Waals surface area contributed by atoms with Crippen LogP contribution in [-0.4, -0.2) is 54.8 Å². The number of phenolic OH excluding ortho intramolecular Hbond substituents is 1. The van der Waals surface area contributed by atoms with Gasteiger partial charge in [-0.25, -0.2) is 9.50 Å². The summed E-state index contributed by atoms with van der Waals surface area (Å²) in [4.78, 5) is 31.5. The number of carbonyl (C=O) groups excluding carboxylic acids is 2. The lowest BCUT2D eigenvalue weighted by molar-refractivity contribution is -0.141. The highest BCUT2D eigenvalue weighted by atomic mass is 79.9. The summed E-state index contributed by atoms with van der Waals surface area (Å²) in [5.41, 5.74) is 2.84. The van der Waals surface area contributed by atoms with Gasteiger partial charge in [-0.15, -0.1) is 5.10 Å². The molecule has 1 amide bonds. The van der Waals surface area contributed by atoms with E-state index in [2.05, 4.69) is 31.2 Å². The standard InChI is InChI=1S/C26H23BrN6O4S2/c1-3-22-31-33-20(23(29-25(33)39-22)16-4-6-17(27)7-5-16)14-28-30-26-32(18-8-10-19(35)11-9-18)24(36)21(38-26)12-13-37-15(2)34/h4-11,14,21,35H,3,12-13H2,1-2H3/b28-14+,30-26-. The third-order valence-corrected chi connectivity index (χ3v) is 8.53. The molecule has 0 bridgehead atoms. The van der Waals surface area contributed by atoms with Crippen molar-refractivity contribution in [2.24, 2.45) is 10.2 Å². The third-order valence-electron chi connectivity index (χ3n) is 5.75. The van der Waals surface area contributed by atoms with E-state index in [-0.39, 0.29) is 18.3 Å². The molecule has 2 aromatic heterocycles. The molecule has 4 aromatic rings. The molecule has 39 heavy (non-hydrogen) atoms. The summed E-state index contributed by atoms with van der Waals surface area (Å²) in [6.07, 6.45) is 2.71. The number of imidazole rings is 1. The molecule has 10 nitrogen and oxygen atoms in total. The first-order valence-electron chi connectivity index (χ1n) is 12.0. The molecule has 0 saturated carbocycles. The molecular weight excluding hydrogens is 604 g/mol. The fraction of sp³-hybridized carbons (Fsp3) is 0.231. The Morgan fingerprint density at radius 2 is 1.95 bits per heavy atom. The number of aromatic hydroxyl groups is 1. The lowest BCUT2D eigenvalue weighted by Gasteiger charge is -2.15. The molecule has 1 aliphatic heterocycles. The van der Waals surface area contributed by atoms with Crippen molar-refractivity contribution in [1.82, 2.24) is 14.6 Å². The second kappa shape index (κ2) is 11.7. The molecule has 1 N–H and O–H groups in total. The number of fused-ring (bicyclic) bond motifs is 1. The van der Waals surface area contributed by atoms with Gasteiger partial charge in [0.1, 0.15) is 22.1 Å². The van der Waals surface area contributed by atoms with Crippen molar-refractivity contribution in [2.45, 2.75) is 31.9 Å². The number of anilines is 1. The van der Waals surface area contributed by atoms with Crippen LogP contribution in [0.1, 0.15) is 31.0 Å². The number of esters is 1. The Hall–Kier alpha value is -3.55. The van der Waals surface area contributed by atoms with Gasteiger partial charge in [0.15, 0.2) is 5.17 Å². The number of carbonyl (C=O) groups is 2.